The number of carbonyl (C=O) groups excluding carboxylic acids is 1. The quantitative estimate of drug-likeness (QED) is 0.464. The molecule has 7 nitrogen and oxygen atoms in total. The number of halogens is 1. The molecule has 0 saturated carbocycles. The van der Waals surface area contributed by atoms with Gasteiger partial charge in [0.05, 0.1) is 12.8 Å². The van der Waals surface area contributed by atoms with Gasteiger partial charge in [-0.25, -0.2) is 9.18 Å². The second-order valence-corrected chi connectivity index (χ2v) is 9.03. The van der Waals surface area contributed by atoms with E-state index in [0.717, 1.165) is 29.8 Å². The van der Waals surface area contributed by atoms with Gasteiger partial charge in [0.2, 0.25) is 0 Å². The van der Waals surface area contributed by atoms with Crippen molar-refractivity contribution >= 4 is 21.8 Å². The van der Waals surface area contributed by atoms with E-state index >= 15 is 0 Å². The number of carbonyl (C=O) groups is 1. The Morgan fingerprint density at radius 3 is 2.24 bits per heavy atom. The first-order chi connectivity index (χ1) is 15.7. The highest BCUT2D eigenvalue weighted by molar-refractivity contribution is 7.87. The summed E-state index contributed by atoms with van der Waals surface area (Å²) in [4.78, 5) is 14.4. The maximum atomic E-state index is 13.0. The third-order valence-electron chi connectivity index (χ3n) is 4.82. The van der Waals surface area contributed by atoms with Gasteiger partial charge in [-0.2, -0.15) is 8.42 Å². The average Bonchev–Trinajstić information content (AvgIpc) is 2.78. The maximum absolute atomic E-state index is 13.0. The lowest BCUT2D eigenvalue weighted by Crippen LogP contribution is -2.39. The van der Waals surface area contributed by atoms with Crippen molar-refractivity contribution in [2.45, 2.75) is 31.3 Å². The van der Waals surface area contributed by atoms with Crippen LogP contribution in [-0.4, -0.2) is 32.5 Å². The van der Waals surface area contributed by atoms with Crippen molar-refractivity contribution in [3.63, 3.8) is 0 Å². The lowest BCUT2D eigenvalue weighted by atomic mass is 10.2. The molecule has 0 aliphatic rings. The summed E-state index contributed by atoms with van der Waals surface area (Å²) in [6, 6.07) is 17.5. The van der Waals surface area contributed by atoms with Crippen molar-refractivity contribution in [1.29, 1.82) is 0 Å². The molecule has 2 amide bonds. The van der Waals surface area contributed by atoms with Crippen LogP contribution in [0, 0.1) is 5.82 Å². The molecule has 3 aromatic carbocycles. The minimum atomic E-state index is -4.09. The molecule has 0 heterocycles. The summed E-state index contributed by atoms with van der Waals surface area (Å²) in [5.41, 5.74) is 1.34. The van der Waals surface area contributed by atoms with Gasteiger partial charge in [0.1, 0.15) is 22.2 Å². The average molecular weight is 473 g/mol. The van der Waals surface area contributed by atoms with Gasteiger partial charge in [0.25, 0.3) is 0 Å². The van der Waals surface area contributed by atoms with Gasteiger partial charge in [-0.15, -0.1) is 0 Å². The van der Waals surface area contributed by atoms with Crippen molar-refractivity contribution in [2.24, 2.45) is 0 Å². The Kier molecular flexibility index (Phi) is 7.55. The van der Waals surface area contributed by atoms with Crippen LogP contribution in [0.25, 0.3) is 0 Å². The van der Waals surface area contributed by atoms with Gasteiger partial charge >= 0.3 is 16.1 Å². The number of anilines is 1. The van der Waals surface area contributed by atoms with E-state index in [4.69, 9.17) is 8.92 Å². The zero-order valence-electron chi connectivity index (χ0n) is 18.5. The minimum Gasteiger partial charge on any atom is -0.495 e. The number of rotatable bonds is 8. The Balaban J connectivity index is 1.70. The lowest BCUT2D eigenvalue weighted by molar-refractivity contribution is 0.193. The molecule has 0 bridgehead atoms. The number of para-hydroxylation sites is 2. The predicted octanol–water partition coefficient (Wildman–Crippen LogP) is 5.04. The summed E-state index contributed by atoms with van der Waals surface area (Å²) in [7, 11) is -2.55. The van der Waals surface area contributed by atoms with Gasteiger partial charge in [-0.05, 0) is 67.9 Å². The van der Waals surface area contributed by atoms with Gasteiger partial charge in [-0.1, -0.05) is 24.3 Å². The number of amides is 2. The summed E-state index contributed by atoms with van der Waals surface area (Å²) in [5, 5.41) is 2.86. The number of urea groups is 1. The van der Waals surface area contributed by atoms with Crippen LogP contribution in [0.5, 0.6) is 11.5 Å². The first-order valence-corrected chi connectivity index (χ1v) is 11.6. The third-order valence-corrected chi connectivity index (χ3v) is 6.08. The molecule has 0 aliphatic heterocycles. The highest BCUT2D eigenvalue weighted by atomic mass is 32.2. The number of nitrogens with one attached hydrogen (secondary N) is 1. The van der Waals surface area contributed by atoms with E-state index in [1.54, 1.807) is 35.2 Å². The van der Waals surface area contributed by atoms with Crippen LogP contribution >= 0.6 is 0 Å². The van der Waals surface area contributed by atoms with Crippen LogP contribution in [0.3, 0.4) is 0 Å². The van der Waals surface area contributed by atoms with Crippen LogP contribution in [0.4, 0.5) is 14.9 Å². The molecule has 33 heavy (non-hydrogen) atoms. The zero-order chi connectivity index (χ0) is 24.0. The fourth-order valence-corrected chi connectivity index (χ4v) is 3.98. The Morgan fingerprint density at radius 2 is 1.64 bits per heavy atom. The Morgan fingerprint density at radius 1 is 1.00 bits per heavy atom. The Bertz CT molecular complexity index is 1200. The molecule has 0 atom stereocenters. The molecular formula is C24H25FN2O5S. The summed E-state index contributed by atoms with van der Waals surface area (Å²) < 4.78 is 48.2. The van der Waals surface area contributed by atoms with E-state index in [9.17, 15) is 17.6 Å². The first kappa shape index (κ1) is 24.1. The number of methoxy groups -OCH3 is 1. The number of ether oxygens (including phenoxy) is 1. The molecule has 0 unspecified atom stereocenters. The smallest absolute Gasteiger partial charge is 0.339 e. The zero-order valence-corrected chi connectivity index (χ0v) is 19.3. The van der Waals surface area contributed by atoms with Crippen molar-refractivity contribution in [3.05, 3.63) is 84.2 Å². The first-order valence-electron chi connectivity index (χ1n) is 10.2. The number of benzene rings is 3. The topological polar surface area (TPSA) is 84.9 Å². The molecule has 9 heteroatoms. The Hall–Kier alpha value is -3.59. The van der Waals surface area contributed by atoms with Gasteiger partial charge < -0.3 is 19.1 Å². The normalized spacial score (nSPS) is 11.2. The molecule has 0 saturated heterocycles. The van der Waals surface area contributed by atoms with Gasteiger partial charge in [0.15, 0.2) is 0 Å². The third kappa shape index (κ3) is 6.23. The standard InChI is InChI=1S/C24H25FN2O5S/c1-17(2)27(24(28)26-22-6-4-5-7-23(22)31-3)16-18-8-12-20(13-9-18)32-33(29,30)21-14-10-19(25)11-15-21/h4-15,17H,16H2,1-3H3,(H,26,28). The molecule has 1 N–H and O–H groups in total. The van der Waals surface area contributed by atoms with Crippen LogP contribution < -0.4 is 14.2 Å². The predicted molar refractivity (Wildman–Crippen MR) is 123 cm³/mol. The van der Waals surface area contributed by atoms with Gasteiger partial charge in [0, 0.05) is 12.6 Å². The Labute approximate surface area is 192 Å². The van der Waals surface area contributed by atoms with E-state index in [0.29, 0.717) is 18.0 Å². The monoisotopic (exact) mass is 472 g/mol. The van der Waals surface area contributed by atoms with Crippen molar-refractivity contribution in [1.82, 2.24) is 4.90 Å². The minimum absolute atomic E-state index is 0.102. The molecule has 0 spiro atoms. The summed E-state index contributed by atoms with van der Waals surface area (Å²) in [6.07, 6.45) is 0. The maximum Gasteiger partial charge on any atom is 0.339 e. The molecule has 3 aromatic rings. The van der Waals surface area contributed by atoms with Crippen LogP contribution in [0.1, 0.15) is 19.4 Å². The summed E-state index contributed by atoms with van der Waals surface area (Å²) in [5.74, 6) is 0.124. The highest BCUT2D eigenvalue weighted by Crippen LogP contribution is 2.25. The van der Waals surface area contributed by atoms with E-state index in [2.05, 4.69) is 5.32 Å². The van der Waals surface area contributed by atoms with E-state index < -0.39 is 15.9 Å². The largest absolute Gasteiger partial charge is 0.495 e. The SMILES string of the molecule is COc1ccccc1NC(=O)N(Cc1ccc(OS(=O)(=O)c2ccc(F)cc2)cc1)C(C)C. The summed E-state index contributed by atoms with van der Waals surface area (Å²) in [6.45, 7) is 4.09. The van der Waals surface area contributed by atoms with E-state index in [-0.39, 0.29) is 22.7 Å². The fraction of sp³-hybridized carbons (Fsp3) is 0.208. The molecular weight excluding hydrogens is 447 g/mol. The second kappa shape index (κ2) is 10.4. The molecule has 0 aromatic heterocycles. The van der Waals surface area contributed by atoms with Crippen LogP contribution in [0.15, 0.2) is 77.7 Å². The number of hydrogen-bond acceptors (Lipinski definition) is 5. The fourth-order valence-electron chi connectivity index (χ4n) is 3.05. The number of nitrogens with zero attached hydrogens (tertiary/aromatic N) is 1. The molecule has 0 radical (unpaired) electrons. The summed E-state index contributed by atoms with van der Waals surface area (Å²) >= 11 is 0. The highest BCUT2D eigenvalue weighted by Gasteiger charge is 2.20. The molecule has 0 aliphatic carbocycles. The molecule has 0 fully saturated rings. The lowest BCUT2D eigenvalue weighted by Gasteiger charge is -2.27. The van der Waals surface area contributed by atoms with E-state index in [1.807, 2.05) is 19.9 Å². The van der Waals surface area contributed by atoms with Crippen molar-refractivity contribution < 1.29 is 26.5 Å². The molecule has 174 valence electrons. The van der Waals surface area contributed by atoms with Crippen LogP contribution in [0.2, 0.25) is 0 Å². The van der Waals surface area contributed by atoms with Crippen molar-refractivity contribution in [3.8, 4) is 11.5 Å². The number of hydrogen-bond donors (Lipinski definition) is 1. The van der Waals surface area contributed by atoms with Crippen molar-refractivity contribution in [2.75, 3.05) is 12.4 Å². The second-order valence-electron chi connectivity index (χ2n) is 7.49. The molecule has 3 rings (SSSR count). The van der Waals surface area contributed by atoms with E-state index in [1.165, 1.54) is 19.2 Å². The van der Waals surface area contributed by atoms with Crippen LogP contribution in [-0.2, 0) is 16.7 Å². The van der Waals surface area contributed by atoms with Gasteiger partial charge in [-0.3, -0.25) is 0 Å².